The topological polar surface area (TPSA) is 65.5 Å². The van der Waals surface area contributed by atoms with Gasteiger partial charge in [-0.25, -0.2) is 0 Å². The number of amides is 1. The second-order valence-corrected chi connectivity index (χ2v) is 6.78. The maximum Gasteiger partial charge on any atom is 0.222 e. The van der Waals surface area contributed by atoms with Crippen LogP contribution in [0.3, 0.4) is 0 Å². The fourth-order valence-corrected chi connectivity index (χ4v) is 2.96. The Hall–Kier alpha value is -0.530. The summed E-state index contributed by atoms with van der Waals surface area (Å²) in [6.45, 7) is 8.94. The van der Waals surface area contributed by atoms with E-state index in [1.165, 1.54) is 44.9 Å². The molecule has 1 amide bonds. The second-order valence-electron chi connectivity index (χ2n) is 6.78. The van der Waals surface area contributed by atoms with Gasteiger partial charge in [-0.3, -0.25) is 9.79 Å². The summed E-state index contributed by atoms with van der Waals surface area (Å²) in [5, 5.41) is 9.44. The van der Waals surface area contributed by atoms with Crippen LogP contribution in [0, 0.1) is 11.8 Å². The summed E-state index contributed by atoms with van der Waals surface area (Å²) in [5.41, 5.74) is 0. The van der Waals surface area contributed by atoms with Crippen molar-refractivity contribution in [2.75, 3.05) is 26.2 Å². The summed E-state index contributed by atoms with van der Waals surface area (Å²) in [6.07, 6.45) is 9.57. The van der Waals surface area contributed by atoms with Gasteiger partial charge in [0.15, 0.2) is 5.96 Å². The second kappa shape index (κ2) is 14.8. The third-order valence-electron chi connectivity index (χ3n) is 4.35. The van der Waals surface area contributed by atoms with Crippen LogP contribution in [0.25, 0.3) is 0 Å². The first-order chi connectivity index (χ1) is 11.1. The zero-order valence-corrected chi connectivity index (χ0v) is 18.0. The molecule has 0 bridgehead atoms. The van der Waals surface area contributed by atoms with Gasteiger partial charge in [0.1, 0.15) is 0 Å². The molecule has 1 saturated carbocycles. The normalized spacial score (nSPS) is 15.8. The highest BCUT2D eigenvalue weighted by Crippen LogP contribution is 2.27. The molecule has 0 heterocycles. The average Bonchev–Trinajstić information content (AvgIpc) is 2.55. The van der Waals surface area contributed by atoms with Crippen molar-refractivity contribution in [3.8, 4) is 0 Å². The molecule has 0 spiro atoms. The number of hydrogen-bond acceptors (Lipinski definition) is 2. The standard InChI is InChI=1S/C18H36N4O.HI/c1-4-19-18(22-14-13-20-17(23)15(2)3)21-12-8-11-16-9-6-5-7-10-16;/h15-16H,4-14H2,1-3H3,(H,20,23)(H2,19,21,22);1H. The van der Waals surface area contributed by atoms with E-state index in [0.717, 1.165) is 25.0 Å². The maximum absolute atomic E-state index is 11.5. The Labute approximate surface area is 165 Å². The Bertz CT molecular complexity index is 355. The minimum atomic E-state index is 0. The third kappa shape index (κ3) is 11.1. The summed E-state index contributed by atoms with van der Waals surface area (Å²) in [5.74, 6) is 1.92. The lowest BCUT2D eigenvalue weighted by Crippen LogP contribution is -2.42. The van der Waals surface area contributed by atoms with Gasteiger partial charge in [0.2, 0.25) is 5.91 Å². The number of rotatable bonds is 9. The van der Waals surface area contributed by atoms with Crippen molar-refractivity contribution in [3.63, 3.8) is 0 Å². The molecule has 1 fully saturated rings. The van der Waals surface area contributed by atoms with Crippen molar-refractivity contribution >= 4 is 35.8 Å². The Morgan fingerprint density at radius 3 is 2.38 bits per heavy atom. The van der Waals surface area contributed by atoms with Crippen molar-refractivity contribution in [1.29, 1.82) is 0 Å². The van der Waals surface area contributed by atoms with Gasteiger partial charge >= 0.3 is 0 Å². The minimum Gasteiger partial charge on any atom is -0.357 e. The van der Waals surface area contributed by atoms with E-state index in [2.05, 4.69) is 27.9 Å². The molecule has 142 valence electrons. The first-order valence-corrected chi connectivity index (χ1v) is 9.43. The maximum atomic E-state index is 11.5. The molecule has 1 aliphatic carbocycles. The van der Waals surface area contributed by atoms with Gasteiger partial charge in [-0.15, -0.1) is 24.0 Å². The average molecular weight is 452 g/mol. The largest absolute Gasteiger partial charge is 0.357 e. The lowest BCUT2D eigenvalue weighted by Gasteiger charge is -2.20. The van der Waals surface area contributed by atoms with Gasteiger partial charge in [0.25, 0.3) is 0 Å². The van der Waals surface area contributed by atoms with E-state index in [0.29, 0.717) is 13.1 Å². The molecular formula is C18H37IN4O. The van der Waals surface area contributed by atoms with Gasteiger partial charge in [0.05, 0.1) is 0 Å². The molecule has 0 saturated heterocycles. The van der Waals surface area contributed by atoms with Crippen molar-refractivity contribution in [3.05, 3.63) is 0 Å². The predicted molar refractivity (Wildman–Crippen MR) is 113 cm³/mol. The molecule has 6 heteroatoms. The van der Waals surface area contributed by atoms with Crippen LogP contribution in [0.15, 0.2) is 4.99 Å². The van der Waals surface area contributed by atoms with Crippen LogP contribution in [0.5, 0.6) is 0 Å². The van der Waals surface area contributed by atoms with Crippen LogP contribution in [0.1, 0.15) is 65.7 Å². The molecule has 0 aliphatic heterocycles. The van der Waals surface area contributed by atoms with Crippen LogP contribution in [0.4, 0.5) is 0 Å². The summed E-state index contributed by atoms with van der Waals surface area (Å²) in [7, 11) is 0. The highest BCUT2D eigenvalue weighted by Gasteiger charge is 2.12. The highest BCUT2D eigenvalue weighted by molar-refractivity contribution is 14.0. The number of carbonyl (C=O) groups is 1. The number of hydrogen-bond donors (Lipinski definition) is 3. The quantitative estimate of drug-likeness (QED) is 0.218. The third-order valence-corrected chi connectivity index (χ3v) is 4.35. The van der Waals surface area contributed by atoms with Gasteiger partial charge in [0, 0.05) is 32.1 Å². The predicted octanol–water partition coefficient (Wildman–Crippen LogP) is 3.29. The first-order valence-electron chi connectivity index (χ1n) is 9.43. The molecule has 1 aliphatic rings. The SMILES string of the molecule is CCNC(=NCCCC1CCCCC1)NCCNC(=O)C(C)C.I. The highest BCUT2D eigenvalue weighted by atomic mass is 127. The van der Waals surface area contributed by atoms with Crippen LogP contribution in [-0.4, -0.2) is 38.0 Å². The number of halogens is 1. The van der Waals surface area contributed by atoms with Gasteiger partial charge in [-0.1, -0.05) is 46.0 Å². The molecule has 5 nitrogen and oxygen atoms in total. The van der Waals surface area contributed by atoms with Crippen molar-refractivity contribution in [1.82, 2.24) is 16.0 Å². The lowest BCUT2D eigenvalue weighted by molar-refractivity contribution is -0.123. The van der Waals surface area contributed by atoms with Gasteiger partial charge < -0.3 is 16.0 Å². The van der Waals surface area contributed by atoms with E-state index in [4.69, 9.17) is 0 Å². The molecule has 0 radical (unpaired) electrons. The number of carbonyl (C=O) groups excluding carboxylic acids is 1. The summed E-state index contributed by atoms with van der Waals surface area (Å²) < 4.78 is 0. The fourth-order valence-electron chi connectivity index (χ4n) is 2.96. The van der Waals surface area contributed by atoms with E-state index in [9.17, 15) is 4.79 Å². The monoisotopic (exact) mass is 452 g/mol. The molecule has 24 heavy (non-hydrogen) atoms. The fraction of sp³-hybridized carbons (Fsp3) is 0.889. The number of nitrogens with one attached hydrogen (secondary N) is 3. The Balaban J connectivity index is 0.00000529. The Morgan fingerprint density at radius 1 is 1.08 bits per heavy atom. The van der Waals surface area contributed by atoms with Crippen LogP contribution in [-0.2, 0) is 4.79 Å². The Morgan fingerprint density at radius 2 is 1.75 bits per heavy atom. The summed E-state index contributed by atoms with van der Waals surface area (Å²) in [6, 6.07) is 0. The number of aliphatic imine (C=N–C) groups is 1. The number of nitrogens with zero attached hydrogens (tertiary/aromatic N) is 1. The molecule has 3 N–H and O–H groups in total. The van der Waals surface area contributed by atoms with E-state index in [-0.39, 0.29) is 35.8 Å². The minimum absolute atomic E-state index is 0. The van der Waals surface area contributed by atoms with E-state index in [1.54, 1.807) is 0 Å². The molecule has 0 aromatic rings. The zero-order chi connectivity index (χ0) is 16.9. The van der Waals surface area contributed by atoms with Crippen molar-refractivity contribution < 1.29 is 4.79 Å². The van der Waals surface area contributed by atoms with Crippen LogP contribution < -0.4 is 16.0 Å². The van der Waals surface area contributed by atoms with Gasteiger partial charge in [-0.2, -0.15) is 0 Å². The molecule has 0 aromatic carbocycles. The Kier molecular flexibility index (Phi) is 14.5. The molecule has 1 rings (SSSR count). The van der Waals surface area contributed by atoms with E-state index >= 15 is 0 Å². The van der Waals surface area contributed by atoms with Crippen molar-refractivity contribution in [2.24, 2.45) is 16.8 Å². The van der Waals surface area contributed by atoms with Crippen molar-refractivity contribution in [2.45, 2.75) is 65.7 Å². The molecular weight excluding hydrogens is 415 g/mol. The van der Waals surface area contributed by atoms with Crippen LogP contribution >= 0.6 is 24.0 Å². The number of guanidine groups is 1. The zero-order valence-electron chi connectivity index (χ0n) is 15.7. The lowest BCUT2D eigenvalue weighted by atomic mass is 9.86. The van der Waals surface area contributed by atoms with Gasteiger partial charge in [-0.05, 0) is 25.7 Å². The molecule has 0 atom stereocenters. The molecule has 0 aromatic heterocycles. The first kappa shape index (κ1) is 23.5. The molecule has 0 unspecified atom stereocenters. The van der Waals surface area contributed by atoms with E-state index in [1.807, 2.05) is 13.8 Å². The van der Waals surface area contributed by atoms with E-state index < -0.39 is 0 Å². The van der Waals surface area contributed by atoms with Crippen LogP contribution in [0.2, 0.25) is 0 Å². The smallest absolute Gasteiger partial charge is 0.222 e. The summed E-state index contributed by atoms with van der Waals surface area (Å²) in [4.78, 5) is 16.1. The summed E-state index contributed by atoms with van der Waals surface area (Å²) >= 11 is 0.